The molecule has 0 bridgehead atoms. The average Bonchev–Trinajstić information content (AvgIpc) is 3.27. The number of para-hydroxylation sites is 1. The maximum Gasteiger partial charge on any atom is 0.194 e. The molecule has 0 saturated heterocycles. The predicted molar refractivity (Wildman–Crippen MR) is 134 cm³/mol. The molecular weight excluding hydrogens is 440 g/mol. The Balaban J connectivity index is 1.04. The Morgan fingerprint density at radius 1 is 0.543 bits per heavy atom. The number of fused-ring (bicyclic) bond motifs is 5. The van der Waals surface area contributed by atoms with Crippen LogP contribution in [0.5, 0.6) is 11.5 Å². The van der Waals surface area contributed by atoms with E-state index in [9.17, 15) is 9.59 Å². The summed E-state index contributed by atoms with van der Waals surface area (Å²) in [5.74, 6) is 1.13. The molecule has 1 aliphatic carbocycles. The van der Waals surface area contributed by atoms with E-state index in [0.717, 1.165) is 40.5 Å². The molecule has 0 radical (unpaired) electrons. The van der Waals surface area contributed by atoms with Gasteiger partial charge < -0.3 is 13.9 Å². The van der Waals surface area contributed by atoms with E-state index < -0.39 is 0 Å². The zero-order valence-corrected chi connectivity index (χ0v) is 19.0. The predicted octanol–water partition coefficient (Wildman–Crippen LogP) is 6.60. The van der Waals surface area contributed by atoms with Crippen LogP contribution in [0.3, 0.4) is 0 Å². The molecule has 0 amide bonds. The van der Waals surface area contributed by atoms with Crippen molar-refractivity contribution in [2.75, 3.05) is 13.2 Å². The van der Waals surface area contributed by atoms with Crippen molar-refractivity contribution in [2.45, 2.75) is 12.8 Å². The maximum absolute atomic E-state index is 12.9. The monoisotopic (exact) mass is 462 g/mol. The average molecular weight is 463 g/mol. The van der Waals surface area contributed by atoms with Crippen molar-refractivity contribution >= 4 is 33.5 Å². The lowest BCUT2D eigenvalue weighted by Gasteiger charge is -2.18. The van der Waals surface area contributed by atoms with Crippen molar-refractivity contribution in [3.05, 3.63) is 107 Å². The highest BCUT2D eigenvalue weighted by molar-refractivity contribution is 6.28. The first-order chi connectivity index (χ1) is 17.2. The van der Waals surface area contributed by atoms with Crippen LogP contribution in [0.2, 0.25) is 0 Å². The van der Waals surface area contributed by atoms with E-state index in [1.807, 2.05) is 42.5 Å². The van der Waals surface area contributed by atoms with Gasteiger partial charge in [-0.2, -0.15) is 0 Å². The Labute approximate surface area is 201 Å². The summed E-state index contributed by atoms with van der Waals surface area (Å²) in [6.45, 7) is 1.06. The molecule has 0 fully saturated rings. The molecule has 0 saturated carbocycles. The molecule has 5 heteroatoms. The van der Waals surface area contributed by atoms with E-state index in [0.29, 0.717) is 41.2 Å². The summed E-state index contributed by atoms with van der Waals surface area (Å²) in [6, 6.07) is 25.9. The second-order valence-corrected chi connectivity index (χ2v) is 8.57. The molecule has 0 spiro atoms. The van der Waals surface area contributed by atoms with Crippen molar-refractivity contribution in [2.24, 2.45) is 0 Å². The van der Waals surface area contributed by atoms with Crippen molar-refractivity contribution in [1.82, 2.24) is 0 Å². The Bertz CT molecular complexity index is 1590. The molecule has 1 heterocycles. The van der Waals surface area contributed by atoms with Crippen molar-refractivity contribution in [1.29, 1.82) is 0 Å². The van der Waals surface area contributed by atoms with Gasteiger partial charge in [0, 0.05) is 33.0 Å². The molecule has 0 unspecified atom stereocenters. The van der Waals surface area contributed by atoms with Crippen LogP contribution < -0.4 is 9.47 Å². The summed E-state index contributed by atoms with van der Waals surface area (Å²) in [6.07, 6.45) is 1.61. The quantitative estimate of drug-likeness (QED) is 0.250. The highest BCUT2D eigenvalue weighted by Crippen LogP contribution is 2.32. The summed E-state index contributed by atoms with van der Waals surface area (Å²) in [7, 11) is 0. The second kappa shape index (κ2) is 8.76. The molecule has 0 N–H and O–H groups in total. The number of hydrogen-bond acceptors (Lipinski definition) is 5. The van der Waals surface area contributed by atoms with Gasteiger partial charge in [0.2, 0.25) is 0 Å². The first-order valence-electron chi connectivity index (χ1n) is 11.7. The molecule has 35 heavy (non-hydrogen) atoms. The van der Waals surface area contributed by atoms with Crippen molar-refractivity contribution < 1.29 is 23.5 Å². The van der Waals surface area contributed by atoms with Gasteiger partial charge in [-0.25, -0.2) is 0 Å². The fourth-order valence-electron chi connectivity index (χ4n) is 4.55. The molecule has 0 atom stereocenters. The van der Waals surface area contributed by atoms with Crippen molar-refractivity contribution in [3.8, 4) is 11.5 Å². The minimum atomic E-state index is -0.142. The van der Waals surface area contributed by atoms with Gasteiger partial charge in [0.15, 0.2) is 11.6 Å². The Morgan fingerprint density at radius 3 is 1.89 bits per heavy atom. The third kappa shape index (κ3) is 3.85. The van der Waals surface area contributed by atoms with Crippen LogP contribution in [0, 0.1) is 0 Å². The van der Waals surface area contributed by atoms with Gasteiger partial charge in [-0.3, -0.25) is 9.59 Å². The third-order valence-electron chi connectivity index (χ3n) is 6.32. The van der Waals surface area contributed by atoms with Crippen LogP contribution in [0.25, 0.3) is 21.9 Å². The van der Waals surface area contributed by atoms with E-state index in [-0.39, 0.29) is 11.6 Å². The van der Waals surface area contributed by atoms with E-state index in [1.165, 1.54) is 0 Å². The van der Waals surface area contributed by atoms with Gasteiger partial charge in [-0.15, -0.1) is 0 Å². The Hall–Kier alpha value is -4.38. The summed E-state index contributed by atoms with van der Waals surface area (Å²) in [4.78, 5) is 25.6. The lowest BCUT2D eigenvalue weighted by molar-refractivity contribution is 0.0978. The first-order valence-corrected chi connectivity index (χ1v) is 11.7. The lowest BCUT2D eigenvalue weighted by atomic mass is 9.84. The van der Waals surface area contributed by atoms with Gasteiger partial charge in [0.05, 0.1) is 13.2 Å². The molecule has 5 nitrogen and oxygen atoms in total. The van der Waals surface area contributed by atoms with Gasteiger partial charge in [-0.05, 0) is 55.3 Å². The SMILES string of the molecule is O=C1c2ccccc2C(=O)c2cc(OCCCCOc3ccc4oc5ccccc5c4c3)ccc21. The van der Waals surface area contributed by atoms with Crippen LogP contribution >= 0.6 is 0 Å². The highest BCUT2D eigenvalue weighted by Gasteiger charge is 2.29. The third-order valence-corrected chi connectivity index (χ3v) is 6.32. The van der Waals surface area contributed by atoms with Crippen molar-refractivity contribution in [3.63, 3.8) is 0 Å². The van der Waals surface area contributed by atoms with Gasteiger partial charge in [0.1, 0.15) is 22.7 Å². The smallest absolute Gasteiger partial charge is 0.194 e. The zero-order valence-electron chi connectivity index (χ0n) is 19.0. The van der Waals surface area contributed by atoms with Gasteiger partial charge in [-0.1, -0.05) is 42.5 Å². The summed E-state index contributed by atoms with van der Waals surface area (Å²) >= 11 is 0. The molecule has 1 aromatic heterocycles. The number of carbonyl (C=O) groups excluding carboxylic acids is 2. The first kappa shape index (κ1) is 21.2. The minimum absolute atomic E-state index is 0.125. The Morgan fingerprint density at radius 2 is 1.11 bits per heavy atom. The topological polar surface area (TPSA) is 65.7 Å². The highest BCUT2D eigenvalue weighted by atomic mass is 16.5. The van der Waals surface area contributed by atoms with E-state index in [2.05, 4.69) is 0 Å². The molecule has 5 aromatic rings. The zero-order chi connectivity index (χ0) is 23.8. The molecular formula is C30H22O5. The minimum Gasteiger partial charge on any atom is -0.494 e. The van der Waals surface area contributed by atoms with Crippen LogP contribution in [-0.4, -0.2) is 24.8 Å². The van der Waals surface area contributed by atoms with Gasteiger partial charge >= 0.3 is 0 Å². The molecule has 0 aliphatic heterocycles. The summed E-state index contributed by atoms with van der Waals surface area (Å²) < 4.78 is 17.7. The van der Waals surface area contributed by atoms with Crippen LogP contribution in [0.4, 0.5) is 0 Å². The van der Waals surface area contributed by atoms with E-state index in [1.54, 1.807) is 42.5 Å². The lowest BCUT2D eigenvalue weighted by Crippen LogP contribution is -2.20. The normalized spacial score (nSPS) is 12.6. The standard InChI is InChI=1S/C30H22O5/c31-29-22-8-1-2-9-23(22)30(32)26-18-19(11-13-24(26)29)33-15-5-6-16-34-20-12-14-28-25(17-20)21-7-3-4-10-27(21)35-28/h1-4,7-14,17-18H,5-6,15-16H2. The number of ether oxygens (including phenoxy) is 2. The number of rotatable bonds is 7. The number of furan rings is 1. The molecule has 4 aromatic carbocycles. The second-order valence-electron chi connectivity index (χ2n) is 8.57. The fourth-order valence-corrected chi connectivity index (χ4v) is 4.55. The van der Waals surface area contributed by atoms with Crippen LogP contribution in [0.15, 0.2) is 89.3 Å². The molecule has 6 rings (SSSR count). The fraction of sp³-hybridized carbons (Fsp3) is 0.133. The van der Waals surface area contributed by atoms with Crippen LogP contribution in [0.1, 0.15) is 44.7 Å². The number of ketones is 2. The number of benzene rings is 4. The number of unbranched alkanes of at least 4 members (excludes halogenated alkanes) is 1. The van der Waals surface area contributed by atoms with Gasteiger partial charge in [0.25, 0.3) is 0 Å². The molecule has 172 valence electrons. The largest absolute Gasteiger partial charge is 0.494 e. The summed E-state index contributed by atoms with van der Waals surface area (Å²) in [5, 5.41) is 2.12. The van der Waals surface area contributed by atoms with Crippen LogP contribution in [-0.2, 0) is 0 Å². The summed E-state index contributed by atoms with van der Waals surface area (Å²) in [5.41, 5.74) is 3.45. The molecule has 1 aliphatic rings. The number of carbonyl (C=O) groups is 2. The maximum atomic E-state index is 12.9. The Kier molecular flexibility index (Phi) is 5.30. The number of hydrogen-bond donors (Lipinski definition) is 0. The van der Waals surface area contributed by atoms with E-state index >= 15 is 0 Å². The van der Waals surface area contributed by atoms with E-state index in [4.69, 9.17) is 13.9 Å².